The van der Waals surface area contributed by atoms with E-state index >= 15 is 0 Å². The van der Waals surface area contributed by atoms with Crippen LogP contribution in [-0.2, 0) is 13.1 Å². The third kappa shape index (κ3) is 3.86. The molecule has 0 saturated carbocycles. The average molecular weight is 384 g/mol. The van der Waals surface area contributed by atoms with Crippen molar-refractivity contribution in [3.63, 3.8) is 0 Å². The van der Waals surface area contributed by atoms with Gasteiger partial charge in [0.2, 0.25) is 0 Å². The predicted molar refractivity (Wildman–Crippen MR) is 109 cm³/mol. The Morgan fingerprint density at radius 1 is 1.22 bits per heavy atom. The molecule has 6 heteroatoms. The number of nitrogens with one attached hydrogen (secondary N) is 1. The Bertz CT molecular complexity index is 918. The molecule has 4 rings (SSSR count). The summed E-state index contributed by atoms with van der Waals surface area (Å²) in [7, 11) is 1.96. The fourth-order valence-electron chi connectivity index (χ4n) is 4.10. The molecule has 0 radical (unpaired) electrons. The second-order valence-electron chi connectivity index (χ2n) is 7.40. The first-order chi connectivity index (χ1) is 13.2. The number of aryl methyl sites for hydroxylation is 1. The summed E-state index contributed by atoms with van der Waals surface area (Å²) >= 11 is 6.02. The van der Waals surface area contributed by atoms with Crippen molar-refractivity contribution in [1.29, 1.82) is 0 Å². The number of likely N-dealkylation sites (tertiary alicyclic amines) is 1. The van der Waals surface area contributed by atoms with Crippen LogP contribution >= 0.6 is 11.6 Å². The van der Waals surface area contributed by atoms with E-state index in [0.29, 0.717) is 5.92 Å². The van der Waals surface area contributed by atoms with Gasteiger partial charge < -0.3 is 5.32 Å². The van der Waals surface area contributed by atoms with Gasteiger partial charge in [0.05, 0.1) is 11.4 Å². The number of fused-ring (bicyclic) bond motifs is 1. The fourth-order valence-corrected chi connectivity index (χ4v) is 4.22. The summed E-state index contributed by atoms with van der Waals surface area (Å²) in [4.78, 5) is 7.14. The molecule has 0 spiro atoms. The largest absolute Gasteiger partial charge is 0.315 e. The lowest BCUT2D eigenvalue weighted by molar-refractivity contribution is 0.197. The molecule has 142 valence electrons. The molecule has 3 aromatic rings. The number of aromatic nitrogens is 3. The molecular formula is C21H26ClN5. The monoisotopic (exact) mass is 383 g/mol. The van der Waals surface area contributed by atoms with Gasteiger partial charge >= 0.3 is 0 Å². The van der Waals surface area contributed by atoms with E-state index in [4.69, 9.17) is 16.7 Å². The summed E-state index contributed by atoms with van der Waals surface area (Å²) in [5, 5.41) is 8.83. The minimum atomic E-state index is 0.471. The molecule has 3 heterocycles. The normalized spacial score (nSPS) is 18.3. The lowest BCUT2D eigenvalue weighted by atomic mass is 9.94. The molecule has 0 aliphatic carbocycles. The molecule has 1 atom stereocenters. The topological polar surface area (TPSA) is 45.5 Å². The summed E-state index contributed by atoms with van der Waals surface area (Å²) in [5.74, 6) is 0.471. The van der Waals surface area contributed by atoms with E-state index < -0.39 is 0 Å². The van der Waals surface area contributed by atoms with Gasteiger partial charge in [0.25, 0.3) is 0 Å². The molecule has 1 fully saturated rings. The van der Waals surface area contributed by atoms with Crippen LogP contribution in [0.5, 0.6) is 0 Å². The van der Waals surface area contributed by atoms with Crippen LogP contribution in [0.2, 0.25) is 5.02 Å². The number of nitrogens with zero attached hydrogens (tertiary/aromatic N) is 4. The first-order valence-electron chi connectivity index (χ1n) is 9.60. The Labute approximate surface area is 165 Å². The van der Waals surface area contributed by atoms with Crippen molar-refractivity contribution in [1.82, 2.24) is 24.8 Å². The highest BCUT2D eigenvalue weighted by Crippen LogP contribution is 2.29. The van der Waals surface area contributed by atoms with Gasteiger partial charge in [0.15, 0.2) is 5.65 Å². The van der Waals surface area contributed by atoms with E-state index in [-0.39, 0.29) is 0 Å². The Balaban J connectivity index is 1.57. The summed E-state index contributed by atoms with van der Waals surface area (Å²) in [6, 6.07) is 10.3. The fraction of sp³-hybridized carbons (Fsp3) is 0.429. The van der Waals surface area contributed by atoms with E-state index in [0.717, 1.165) is 42.5 Å². The molecule has 1 saturated heterocycles. The zero-order valence-corrected chi connectivity index (χ0v) is 16.7. The quantitative estimate of drug-likeness (QED) is 0.728. The Kier molecular flexibility index (Phi) is 5.43. The van der Waals surface area contributed by atoms with E-state index in [1.54, 1.807) is 0 Å². The van der Waals surface area contributed by atoms with E-state index in [9.17, 15) is 0 Å². The third-order valence-electron chi connectivity index (χ3n) is 5.44. The zero-order valence-electron chi connectivity index (χ0n) is 16.0. The first kappa shape index (κ1) is 18.4. The Morgan fingerprint density at radius 3 is 2.81 bits per heavy atom. The van der Waals surface area contributed by atoms with Gasteiger partial charge in [-0.15, -0.1) is 0 Å². The van der Waals surface area contributed by atoms with Crippen LogP contribution in [0.3, 0.4) is 0 Å². The molecule has 5 nitrogen and oxygen atoms in total. The summed E-state index contributed by atoms with van der Waals surface area (Å²) in [6.45, 7) is 6.00. The van der Waals surface area contributed by atoms with E-state index in [1.807, 2.05) is 25.4 Å². The summed E-state index contributed by atoms with van der Waals surface area (Å²) < 4.78 is 2.07. The van der Waals surface area contributed by atoms with Crippen molar-refractivity contribution in [3.05, 3.63) is 64.1 Å². The van der Waals surface area contributed by atoms with E-state index in [1.165, 1.54) is 29.7 Å². The van der Waals surface area contributed by atoms with Gasteiger partial charge in [-0.1, -0.05) is 23.7 Å². The number of hydrogen-bond donors (Lipinski definition) is 1. The highest BCUT2D eigenvalue weighted by Gasteiger charge is 2.25. The maximum absolute atomic E-state index is 6.02. The predicted octanol–water partition coefficient (Wildman–Crippen LogP) is 3.79. The van der Waals surface area contributed by atoms with Crippen LogP contribution in [-0.4, -0.2) is 39.6 Å². The van der Waals surface area contributed by atoms with Crippen molar-refractivity contribution in [2.45, 2.75) is 38.8 Å². The van der Waals surface area contributed by atoms with Crippen LogP contribution in [0.25, 0.3) is 5.65 Å². The summed E-state index contributed by atoms with van der Waals surface area (Å²) in [5.41, 5.74) is 5.80. The maximum atomic E-state index is 6.02. The lowest BCUT2D eigenvalue weighted by Crippen LogP contribution is -2.34. The highest BCUT2D eigenvalue weighted by atomic mass is 35.5. The van der Waals surface area contributed by atoms with Gasteiger partial charge in [-0.3, -0.25) is 4.90 Å². The van der Waals surface area contributed by atoms with Crippen LogP contribution in [0.1, 0.15) is 41.3 Å². The Hall–Kier alpha value is -1.95. The molecule has 1 aliphatic rings. The lowest BCUT2D eigenvalue weighted by Gasteiger charge is -2.33. The van der Waals surface area contributed by atoms with Gasteiger partial charge in [-0.25, -0.2) is 9.50 Å². The first-order valence-corrected chi connectivity index (χ1v) is 9.98. The molecule has 2 aromatic heterocycles. The van der Waals surface area contributed by atoms with Crippen LogP contribution in [0, 0.1) is 6.92 Å². The molecule has 0 amide bonds. The Morgan fingerprint density at radius 2 is 2.04 bits per heavy atom. The number of halogens is 1. The average Bonchev–Trinajstić information content (AvgIpc) is 3.00. The number of benzene rings is 1. The minimum Gasteiger partial charge on any atom is -0.315 e. The van der Waals surface area contributed by atoms with Crippen LogP contribution in [0.4, 0.5) is 0 Å². The smallest absolute Gasteiger partial charge is 0.159 e. The molecule has 0 bridgehead atoms. The van der Waals surface area contributed by atoms with Crippen molar-refractivity contribution < 1.29 is 0 Å². The number of rotatable bonds is 5. The van der Waals surface area contributed by atoms with Crippen LogP contribution < -0.4 is 5.32 Å². The van der Waals surface area contributed by atoms with Crippen molar-refractivity contribution in [3.8, 4) is 0 Å². The van der Waals surface area contributed by atoms with Crippen molar-refractivity contribution in [2.24, 2.45) is 0 Å². The molecule has 1 aliphatic heterocycles. The maximum Gasteiger partial charge on any atom is 0.159 e. The van der Waals surface area contributed by atoms with Gasteiger partial charge in [0, 0.05) is 42.3 Å². The molecular weight excluding hydrogens is 358 g/mol. The SMILES string of the molecule is CNCc1c(C)nn2c(C3CCCN(Cc4ccc(Cl)cc4)C3)ccnc12. The standard InChI is InChI=1S/C21H26ClN5/c1-15-19(12-23-2)21-24-10-9-20(27(21)25-15)17-4-3-11-26(14-17)13-16-5-7-18(22)8-6-16/h5-10,17,23H,3-4,11-14H2,1-2H3. The van der Waals surface area contributed by atoms with Crippen molar-refractivity contribution >= 4 is 17.2 Å². The van der Waals surface area contributed by atoms with Gasteiger partial charge in [0.1, 0.15) is 0 Å². The number of hydrogen-bond acceptors (Lipinski definition) is 4. The third-order valence-corrected chi connectivity index (χ3v) is 5.69. The zero-order chi connectivity index (χ0) is 18.8. The van der Waals surface area contributed by atoms with Gasteiger partial charge in [-0.05, 0) is 57.1 Å². The van der Waals surface area contributed by atoms with Crippen molar-refractivity contribution in [2.75, 3.05) is 20.1 Å². The van der Waals surface area contributed by atoms with Gasteiger partial charge in [-0.2, -0.15) is 5.10 Å². The molecule has 1 aromatic carbocycles. The molecule has 1 unspecified atom stereocenters. The minimum absolute atomic E-state index is 0.471. The second-order valence-corrected chi connectivity index (χ2v) is 7.84. The molecule has 27 heavy (non-hydrogen) atoms. The van der Waals surface area contributed by atoms with E-state index in [2.05, 4.69) is 44.8 Å². The second kappa shape index (κ2) is 7.97. The number of piperidine rings is 1. The summed E-state index contributed by atoms with van der Waals surface area (Å²) in [6.07, 6.45) is 4.32. The highest BCUT2D eigenvalue weighted by molar-refractivity contribution is 6.30. The molecule has 1 N–H and O–H groups in total. The van der Waals surface area contributed by atoms with Crippen LogP contribution in [0.15, 0.2) is 36.5 Å².